The Labute approximate surface area is 323 Å². The van der Waals surface area contributed by atoms with Gasteiger partial charge >= 0.3 is 0 Å². The van der Waals surface area contributed by atoms with Gasteiger partial charge < -0.3 is 18.7 Å². The lowest BCUT2D eigenvalue weighted by molar-refractivity contribution is -0.0105. The summed E-state index contributed by atoms with van der Waals surface area (Å²) in [5.41, 5.74) is 1.82. The molecular formula is C43H66O7SSi2. The molecule has 0 bridgehead atoms. The lowest BCUT2D eigenvalue weighted by Crippen LogP contribution is -2.67. The summed E-state index contributed by atoms with van der Waals surface area (Å²) in [4.78, 5) is 0.0663. The maximum atomic E-state index is 12.7. The van der Waals surface area contributed by atoms with Gasteiger partial charge in [-0.3, -0.25) is 4.18 Å². The summed E-state index contributed by atoms with van der Waals surface area (Å²) in [6.45, 7) is 26.6. The monoisotopic (exact) mass is 782 g/mol. The first-order valence-electron chi connectivity index (χ1n) is 18.8. The molecule has 3 aromatic carbocycles. The Morgan fingerprint density at radius 3 is 1.77 bits per heavy atom. The molecule has 0 fully saturated rings. The minimum atomic E-state index is -3.99. The van der Waals surface area contributed by atoms with Crippen molar-refractivity contribution in [2.75, 3.05) is 20.3 Å². The van der Waals surface area contributed by atoms with Crippen molar-refractivity contribution in [2.45, 2.75) is 122 Å². The molecule has 0 heterocycles. The average molecular weight is 783 g/mol. The van der Waals surface area contributed by atoms with Gasteiger partial charge in [0.1, 0.15) is 0 Å². The second kappa shape index (κ2) is 18.5. The van der Waals surface area contributed by atoms with Crippen LogP contribution in [0.3, 0.4) is 0 Å². The van der Waals surface area contributed by atoms with E-state index < -0.39 is 32.9 Å². The number of aliphatic hydroxyl groups is 1. The van der Waals surface area contributed by atoms with E-state index in [0.29, 0.717) is 6.61 Å². The van der Waals surface area contributed by atoms with Crippen LogP contribution in [0.15, 0.2) is 101 Å². The number of hydrogen-bond donors (Lipinski definition) is 1. The number of aliphatic hydroxyl groups excluding tert-OH is 1. The summed E-state index contributed by atoms with van der Waals surface area (Å²) >= 11 is 0. The van der Waals surface area contributed by atoms with Gasteiger partial charge in [-0.25, -0.2) is 0 Å². The number of ether oxygens (including phenoxy) is 1. The van der Waals surface area contributed by atoms with Crippen molar-refractivity contribution >= 4 is 37.1 Å². The highest BCUT2D eigenvalue weighted by Gasteiger charge is 2.51. The van der Waals surface area contributed by atoms with Gasteiger partial charge in [0, 0.05) is 25.6 Å². The second-order valence-corrected chi connectivity index (χ2v) is 28.0. The zero-order valence-electron chi connectivity index (χ0n) is 34.5. The molecule has 0 aromatic heterocycles. The van der Waals surface area contributed by atoms with Gasteiger partial charge in [-0.05, 0) is 65.9 Å². The van der Waals surface area contributed by atoms with Gasteiger partial charge in [-0.2, -0.15) is 8.42 Å². The van der Waals surface area contributed by atoms with Crippen molar-refractivity contribution in [1.82, 2.24) is 0 Å². The molecule has 3 rings (SSSR count). The highest BCUT2D eigenvalue weighted by molar-refractivity contribution is 7.86. The Morgan fingerprint density at radius 2 is 1.32 bits per heavy atom. The van der Waals surface area contributed by atoms with E-state index in [-0.39, 0.29) is 52.0 Å². The molecule has 0 aliphatic rings. The number of aryl methyl sites for hydroxylation is 1. The van der Waals surface area contributed by atoms with Crippen LogP contribution in [0.5, 0.6) is 0 Å². The maximum Gasteiger partial charge on any atom is 0.297 e. The largest absolute Gasteiger partial charge is 0.413 e. The van der Waals surface area contributed by atoms with E-state index >= 15 is 0 Å². The fraction of sp³-hybridized carbons (Fsp3) is 0.535. The number of benzene rings is 3. The molecule has 0 radical (unpaired) electrons. The topological polar surface area (TPSA) is 91.3 Å². The molecule has 53 heavy (non-hydrogen) atoms. The standard InChI is InChI=1S/C43H66O7SSi2/c1-32-24-26-37(27-25-32)51(45,46)48-31-36(44)28-33(2)29-40(47-11)35(4)41(50-52(12,13)42(5,6)7)34(3)30-49-53(43(8,9)10,38-20-16-14-17-21-38)39-22-18-15-19-23-39/h14-27,29,34-36,40-41,44H,28,30-31H2,1-13H3/b33-29+/t34-,35-,36-,40-,41-/m1/s1. The Morgan fingerprint density at radius 1 is 0.811 bits per heavy atom. The van der Waals surface area contributed by atoms with Crippen LogP contribution in [0.1, 0.15) is 74.3 Å². The van der Waals surface area contributed by atoms with Crippen LogP contribution in [0.25, 0.3) is 0 Å². The summed E-state index contributed by atoms with van der Waals surface area (Å²) in [6.07, 6.45) is 0.717. The predicted octanol–water partition coefficient (Wildman–Crippen LogP) is 8.65. The SMILES string of the molecule is CO[C@H](/C=C(\C)C[C@@H](O)COS(=O)(=O)c1ccc(C)cc1)[C@@H](C)[C@H](O[Si](C)(C)C(C)(C)C)[C@H](C)CO[Si](c1ccccc1)(c1ccccc1)C(C)(C)C. The van der Waals surface area contributed by atoms with Gasteiger partial charge in [-0.15, -0.1) is 0 Å². The molecule has 1 N–H and O–H groups in total. The van der Waals surface area contributed by atoms with Crippen molar-refractivity contribution in [3.8, 4) is 0 Å². The van der Waals surface area contributed by atoms with Crippen molar-refractivity contribution in [1.29, 1.82) is 0 Å². The minimum absolute atomic E-state index is 0.0121. The second-order valence-electron chi connectivity index (χ2n) is 17.3. The normalized spacial score (nSPS) is 16.5. The van der Waals surface area contributed by atoms with Gasteiger partial charge in [-0.1, -0.05) is 145 Å². The fourth-order valence-corrected chi connectivity index (χ4v) is 13.8. The first-order chi connectivity index (χ1) is 24.6. The van der Waals surface area contributed by atoms with Crippen molar-refractivity contribution in [3.63, 3.8) is 0 Å². The molecule has 0 aliphatic heterocycles. The molecule has 0 saturated heterocycles. The van der Waals surface area contributed by atoms with Crippen molar-refractivity contribution < 1.29 is 31.3 Å². The molecule has 0 aliphatic carbocycles. The van der Waals surface area contributed by atoms with Crippen molar-refractivity contribution in [2.24, 2.45) is 11.8 Å². The van der Waals surface area contributed by atoms with Gasteiger partial charge in [0.05, 0.1) is 29.8 Å². The van der Waals surface area contributed by atoms with Gasteiger partial charge in [0.25, 0.3) is 18.4 Å². The van der Waals surface area contributed by atoms with E-state index in [1.165, 1.54) is 22.5 Å². The van der Waals surface area contributed by atoms with Crippen LogP contribution in [0, 0.1) is 18.8 Å². The van der Waals surface area contributed by atoms with Crippen LogP contribution in [-0.2, 0) is 27.9 Å². The molecule has 3 aromatic rings. The maximum absolute atomic E-state index is 12.7. The van der Waals surface area contributed by atoms with E-state index in [0.717, 1.165) is 11.1 Å². The van der Waals surface area contributed by atoms with Crippen LogP contribution >= 0.6 is 0 Å². The number of hydrogen-bond acceptors (Lipinski definition) is 7. The average Bonchev–Trinajstić information content (AvgIpc) is 3.08. The van der Waals surface area contributed by atoms with Crippen LogP contribution in [0.2, 0.25) is 23.2 Å². The number of methoxy groups -OCH3 is 1. The molecular weight excluding hydrogens is 717 g/mol. The Hall–Kier alpha value is -2.42. The zero-order valence-corrected chi connectivity index (χ0v) is 37.3. The Balaban J connectivity index is 1.90. The highest BCUT2D eigenvalue weighted by atomic mass is 32.2. The van der Waals surface area contributed by atoms with E-state index in [1.807, 2.05) is 19.9 Å². The Kier molecular flexibility index (Phi) is 15.7. The molecule has 5 atom stereocenters. The number of rotatable bonds is 18. The first-order valence-corrected chi connectivity index (χ1v) is 25.1. The molecule has 10 heteroatoms. The third kappa shape index (κ3) is 11.6. The van der Waals surface area contributed by atoms with Gasteiger partial charge in [0.2, 0.25) is 0 Å². The molecule has 0 spiro atoms. The highest BCUT2D eigenvalue weighted by Crippen LogP contribution is 2.41. The van der Waals surface area contributed by atoms with Crippen LogP contribution in [-0.4, -0.2) is 68.8 Å². The molecule has 7 nitrogen and oxygen atoms in total. The minimum Gasteiger partial charge on any atom is -0.413 e. The predicted molar refractivity (Wildman–Crippen MR) is 223 cm³/mol. The first kappa shape index (κ1) is 45.0. The van der Waals surface area contributed by atoms with Crippen LogP contribution < -0.4 is 10.4 Å². The Bertz CT molecular complexity index is 1660. The lowest BCUT2D eigenvalue weighted by atomic mass is 9.88. The van der Waals surface area contributed by atoms with Crippen molar-refractivity contribution in [3.05, 3.63) is 102 Å². The molecule has 0 saturated carbocycles. The smallest absolute Gasteiger partial charge is 0.297 e. The summed E-state index contributed by atoms with van der Waals surface area (Å²) in [5, 5.41) is 13.1. The van der Waals surface area contributed by atoms with E-state index in [1.54, 1.807) is 19.2 Å². The zero-order chi connectivity index (χ0) is 39.8. The summed E-state index contributed by atoms with van der Waals surface area (Å²) in [6, 6.07) is 27.9. The van der Waals surface area contributed by atoms with Gasteiger partial charge in [0.15, 0.2) is 8.32 Å². The van der Waals surface area contributed by atoms with Crippen LogP contribution in [0.4, 0.5) is 0 Å². The quantitative estimate of drug-likeness (QED) is 0.0785. The van der Waals surface area contributed by atoms with E-state index in [4.69, 9.17) is 17.8 Å². The lowest BCUT2D eigenvalue weighted by Gasteiger charge is -2.46. The molecule has 294 valence electrons. The summed E-state index contributed by atoms with van der Waals surface area (Å²) in [5.74, 6) is -0.0600. The van der Waals surface area contributed by atoms with E-state index in [9.17, 15) is 13.5 Å². The summed E-state index contributed by atoms with van der Waals surface area (Å²) < 4.78 is 51.5. The third-order valence-electron chi connectivity index (χ3n) is 10.8. The molecule has 0 amide bonds. The molecule has 0 unspecified atom stereocenters. The third-order valence-corrected chi connectivity index (χ3v) is 21.6. The fourth-order valence-electron chi connectivity index (χ4n) is 6.71. The van der Waals surface area contributed by atoms with E-state index in [2.05, 4.69) is 129 Å². The summed E-state index contributed by atoms with van der Waals surface area (Å²) in [7, 11) is -7.32.